The Hall–Kier alpha value is -2.80. The number of hydrogen-bond donors (Lipinski definition) is 2. The summed E-state index contributed by atoms with van der Waals surface area (Å²) in [6.07, 6.45) is -0.513. The Labute approximate surface area is 138 Å². The molecule has 0 heterocycles. The van der Waals surface area contributed by atoms with Crippen molar-refractivity contribution >= 4 is 11.6 Å². The van der Waals surface area contributed by atoms with E-state index in [2.05, 4.69) is 5.32 Å². The van der Waals surface area contributed by atoms with Crippen LogP contribution >= 0.6 is 0 Å². The van der Waals surface area contributed by atoms with Gasteiger partial charge < -0.3 is 10.4 Å². The van der Waals surface area contributed by atoms with Gasteiger partial charge >= 0.3 is 0 Å². The highest BCUT2D eigenvalue weighted by molar-refractivity contribution is 5.95. The number of nitro benzene ring substituents is 1. The fraction of sp³-hybridized carbons (Fsp3) is 0.235. The van der Waals surface area contributed by atoms with Crippen molar-refractivity contribution in [1.29, 1.82) is 0 Å². The highest BCUT2D eigenvalue weighted by Gasteiger charge is 2.17. The first kappa shape index (κ1) is 17.6. The maximum atomic E-state index is 12.8. The monoisotopic (exact) mass is 332 g/mol. The molecule has 2 rings (SSSR count). The van der Waals surface area contributed by atoms with Crippen molar-refractivity contribution in [2.24, 2.45) is 0 Å². The summed E-state index contributed by atoms with van der Waals surface area (Å²) in [5.74, 6) is -0.944. The van der Waals surface area contributed by atoms with Crippen LogP contribution < -0.4 is 5.32 Å². The van der Waals surface area contributed by atoms with E-state index in [1.165, 1.54) is 36.4 Å². The van der Waals surface area contributed by atoms with Crippen LogP contribution in [0.25, 0.3) is 0 Å². The van der Waals surface area contributed by atoms with Gasteiger partial charge in [0.25, 0.3) is 11.6 Å². The summed E-state index contributed by atoms with van der Waals surface area (Å²) in [6.45, 7) is 1.70. The average Bonchev–Trinajstić information content (AvgIpc) is 2.59. The lowest BCUT2D eigenvalue weighted by molar-refractivity contribution is -0.385. The molecule has 0 saturated heterocycles. The second kappa shape index (κ2) is 7.65. The molecule has 0 aliphatic carbocycles. The molecule has 2 aromatic rings. The van der Waals surface area contributed by atoms with Gasteiger partial charge in [0, 0.05) is 23.7 Å². The summed E-state index contributed by atoms with van der Waals surface area (Å²) in [5, 5.41) is 23.5. The van der Waals surface area contributed by atoms with Gasteiger partial charge in [-0.25, -0.2) is 4.39 Å². The number of carbonyl (C=O) groups is 1. The molecule has 1 atom stereocenters. The minimum atomic E-state index is -1.00. The van der Waals surface area contributed by atoms with Crippen molar-refractivity contribution in [3.63, 3.8) is 0 Å². The molecule has 0 aromatic heterocycles. The second-order valence-electron chi connectivity index (χ2n) is 5.23. The number of rotatable bonds is 6. The molecule has 0 bridgehead atoms. The van der Waals surface area contributed by atoms with E-state index in [0.29, 0.717) is 17.5 Å². The van der Waals surface area contributed by atoms with Gasteiger partial charge in [-0.3, -0.25) is 14.9 Å². The van der Waals surface area contributed by atoms with Gasteiger partial charge in [0.2, 0.25) is 0 Å². The number of carbonyl (C=O) groups excluding carboxylic acids is 1. The van der Waals surface area contributed by atoms with E-state index in [-0.39, 0.29) is 17.8 Å². The molecule has 6 nitrogen and oxygen atoms in total. The van der Waals surface area contributed by atoms with E-state index < -0.39 is 22.8 Å². The maximum absolute atomic E-state index is 12.8. The van der Waals surface area contributed by atoms with Gasteiger partial charge in [-0.1, -0.05) is 25.1 Å². The normalized spacial score (nSPS) is 11.8. The number of amides is 1. The van der Waals surface area contributed by atoms with E-state index in [4.69, 9.17) is 0 Å². The van der Waals surface area contributed by atoms with Gasteiger partial charge in [0.15, 0.2) is 0 Å². The highest BCUT2D eigenvalue weighted by atomic mass is 19.1. The second-order valence-corrected chi connectivity index (χ2v) is 5.23. The number of nitro groups is 1. The molecule has 2 N–H and O–H groups in total. The summed E-state index contributed by atoms with van der Waals surface area (Å²) in [4.78, 5) is 22.6. The quantitative estimate of drug-likeness (QED) is 0.628. The molecule has 2 aromatic carbocycles. The van der Waals surface area contributed by atoms with Crippen LogP contribution in [0.5, 0.6) is 0 Å². The third-order valence-electron chi connectivity index (χ3n) is 3.64. The zero-order chi connectivity index (χ0) is 17.7. The molecule has 0 spiro atoms. The van der Waals surface area contributed by atoms with E-state index in [9.17, 15) is 24.4 Å². The Morgan fingerprint density at radius 3 is 2.54 bits per heavy atom. The van der Waals surface area contributed by atoms with Crippen molar-refractivity contribution in [3.05, 3.63) is 75.1 Å². The van der Waals surface area contributed by atoms with Crippen LogP contribution in [-0.4, -0.2) is 22.5 Å². The summed E-state index contributed by atoms with van der Waals surface area (Å²) >= 11 is 0. The lowest BCUT2D eigenvalue weighted by atomic mass is 10.1. The van der Waals surface area contributed by atoms with Crippen LogP contribution in [0.1, 0.15) is 34.5 Å². The van der Waals surface area contributed by atoms with Crippen LogP contribution in [0, 0.1) is 15.9 Å². The predicted octanol–water partition coefficient (Wildman–Crippen LogP) is 2.76. The zero-order valence-corrected chi connectivity index (χ0v) is 13.0. The van der Waals surface area contributed by atoms with Gasteiger partial charge in [-0.05, 0) is 30.2 Å². The fourth-order valence-electron chi connectivity index (χ4n) is 2.27. The highest BCUT2D eigenvalue weighted by Crippen LogP contribution is 2.21. The van der Waals surface area contributed by atoms with Crippen molar-refractivity contribution < 1.29 is 19.2 Å². The van der Waals surface area contributed by atoms with E-state index in [1.807, 2.05) is 0 Å². The standard InChI is InChI=1S/C17H17FN2O4/c1-2-11-3-4-13(9-15(11)20(23)24)17(22)19-10-16(21)12-5-7-14(18)8-6-12/h3-9,16,21H,2,10H2,1H3,(H,19,22). The number of aryl methyl sites for hydroxylation is 1. The molecule has 0 aliphatic rings. The van der Waals surface area contributed by atoms with Crippen LogP contribution in [-0.2, 0) is 6.42 Å². The number of hydrogen-bond acceptors (Lipinski definition) is 4. The third-order valence-corrected chi connectivity index (χ3v) is 3.64. The van der Waals surface area contributed by atoms with Crippen molar-refractivity contribution in [2.45, 2.75) is 19.4 Å². The van der Waals surface area contributed by atoms with E-state index in [0.717, 1.165) is 0 Å². The Bertz CT molecular complexity index is 747. The molecule has 126 valence electrons. The number of nitrogens with zero attached hydrogens (tertiary/aromatic N) is 1. The first-order valence-corrected chi connectivity index (χ1v) is 7.41. The first-order valence-electron chi connectivity index (χ1n) is 7.41. The number of aliphatic hydroxyl groups is 1. The molecule has 1 amide bonds. The SMILES string of the molecule is CCc1ccc(C(=O)NCC(O)c2ccc(F)cc2)cc1[N+](=O)[O-]. The molecule has 0 radical (unpaired) electrons. The van der Waals surface area contributed by atoms with Crippen LogP contribution in [0.3, 0.4) is 0 Å². The summed E-state index contributed by atoms with van der Waals surface area (Å²) in [5.41, 5.74) is 1.04. The van der Waals surface area contributed by atoms with E-state index in [1.54, 1.807) is 13.0 Å². The van der Waals surface area contributed by atoms with Gasteiger partial charge in [-0.15, -0.1) is 0 Å². The molecule has 7 heteroatoms. The summed E-state index contributed by atoms with van der Waals surface area (Å²) < 4.78 is 12.8. The van der Waals surface area contributed by atoms with Crippen molar-refractivity contribution in [3.8, 4) is 0 Å². The average molecular weight is 332 g/mol. The molecule has 0 aliphatic heterocycles. The lowest BCUT2D eigenvalue weighted by Gasteiger charge is -2.12. The van der Waals surface area contributed by atoms with Gasteiger partial charge in [-0.2, -0.15) is 0 Å². The molecule has 24 heavy (non-hydrogen) atoms. The lowest BCUT2D eigenvalue weighted by Crippen LogP contribution is -2.28. The van der Waals surface area contributed by atoms with Crippen LogP contribution in [0.15, 0.2) is 42.5 Å². The minimum absolute atomic E-state index is 0.0895. The smallest absolute Gasteiger partial charge is 0.273 e. The molecule has 1 unspecified atom stereocenters. The molecular weight excluding hydrogens is 315 g/mol. The van der Waals surface area contributed by atoms with Crippen LogP contribution in [0.4, 0.5) is 10.1 Å². The molecule has 0 saturated carbocycles. The number of halogens is 1. The Morgan fingerprint density at radius 1 is 1.29 bits per heavy atom. The number of nitrogens with one attached hydrogen (secondary N) is 1. The largest absolute Gasteiger partial charge is 0.387 e. The Kier molecular flexibility index (Phi) is 5.59. The Balaban J connectivity index is 2.05. The summed E-state index contributed by atoms with van der Waals surface area (Å²) in [6, 6.07) is 9.55. The van der Waals surface area contributed by atoms with Crippen molar-refractivity contribution in [2.75, 3.05) is 6.54 Å². The van der Waals surface area contributed by atoms with Gasteiger partial charge in [0.05, 0.1) is 11.0 Å². The van der Waals surface area contributed by atoms with E-state index >= 15 is 0 Å². The van der Waals surface area contributed by atoms with Crippen LogP contribution in [0.2, 0.25) is 0 Å². The minimum Gasteiger partial charge on any atom is -0.387 e. The molecular formula is C17H17FN2O4. The molecule has 0 fully saturated rings. The Morgan fingerprint density at radius 2 is 1.96 bits per heavy atom. The van der Waals surface area contributed by atoms with Crippen molar-refractivity contribution in [1.82, 2.24) is 5.32 Å². The fourth-order valence-corrected chi connectivity index (χ4v) is 2.27. The van der Waals surface area contributed by atoms with Gasteiger partial charge in [0.1, 0.15) is 5.82 Å². The number of benzene rings is 2. The summed E-state index contributed by atoms with van der Waals surface area (Å²) in [7, 11) is 0. The third kappa shape index (κ3) is 4.14. The first-order chi connectivity index (χ1) is 11.4. The maximum Gasteiger partial charge on any atom is 0.273 e. The topological polar surface area (TPSA) is 92.5 Å². The zero-order valence-electron chi connectivity index (χ0n) is 13.0. The number of aliphatic hydroxyl groups excluding tert-OH is 1. The predicted molar refractivity (Wildman–Crippen MR) is 86.2 cm³/mol.